The molecule has 2 aromatic carbocycles. The Morgan fingerprint density at radius 3 is 2.69 bits per heavy atom. The number of aromatic nitrogens is 2. The van der Waals surface area contributed by atoms with E-state index in [1.54, 1.807) is 29.7 Å². The topological polar surface area (TPSA) is 76.0 Å². The quantitative estimate of drug-likeness (QED) is 0.365. The van der Waals surface area contributed by atoms with Gasteiger partial charge in [0.2, 0.25) is 5.91 Å². The van der Waals surface area contributed by atoms with E-state index < -0.39 is 0 Å². The van der Waals surface area contributed by atoms with Gasteiger partial charge in [-0.05, 0) is 60.3 Å². The van der Waals surface area contributed by atoms with Crippen LogP contribution in [-0.2, 0) is 11.3 Å². The zero-order valence-electron chi connectivity index (χ0n) is 17.4. The first-order valence-electron chi connectivity index (χ1n) is 10.0. The third kappa shape index (κ3) is 5.66. The second-order valence-electron chi connectivity index (χ2n) is 7.10. The molecule has 32 heavy (non-hydrogen) atoms. The largest absolute Gasteiger partial charge is 0.347 e. The molecule has 4 rings (SSSR count). The first kappa shape index (κ1) is 21.9. The monoisotopic (exact) mass is 462 g/mol. The second kappa shape index (κ2) is 10.3. The van der Waals surface area contributed by atoms with Crippen LogP contribution in [0.25, 0.3) is 5.69 Å². The lowest BCUT2D eigenvalue weighted by molar-refractivity contribution is -0.113. The average Bonchev–Trinajstić information content (AvgIpc) is 3.48. The molecule has 0 aliphatic heterocycles. The van der Waals surface area contributed by atoms with Crippen molar-refractivity contribution in [2.24, 2.45) is 0 Å². The minimum absolute atomic E-state index is 0.0899. The standard InChI is InChI=1S/C24H22N4O2S2/c1-17-4-2-5-19(14-17)27-22(29)16-32-24-25-11-12-28(24)20-9-7-18(8-10-20)23(30)26-15-21-6-3-13-31-21/h2-14H,15-16H2,1H3,(H,26,30)(H,27,29). The highest BCUT2D eigenvalue weighted by molar-refractivity contribution is 7.99. The number of aryl methyl sites for hydroxylation is 1. The van der Waals surface area contributed by atoms with Crippen LogP contribution in [0.4, 0.5) is 5.69 Å². The fraction of sp³-hybridized carbons (Fsp3) is 0.125. The van der Waals surface area contributed by atoms with E-state index in [1.807, 2.05) is 71.6 Å². The van der Waals surface area contributed by atoms with Crippen LogP contribution in [0, 0.1) is 6.92 Å². The van der Waals surface area contributed by atoms with Gasteiger partial charge in [-0.25, -0.2) is 4.98 Å². The van der Waals surface area contributed by atoms with Crippen molar-refractivity contribution in [1.82, 2.24) is 14.9 Å². The van der Waals surface area contributed by atoms with E-state index in [0.29, 0.717) is 17.3 Å². The molecule has 2 heterocycles. The van der Waals surface area contributed by atoms with Crippen LogP contribution in [0.1, 0.15) is 20.8 Å². The summed E-state index contributed by atoms with van der Waals surface area (Å²) in [6.07, 6.45) is 3.54. The summed E-state index contributed by atoms with van der Waals surface area (Å²) in [4.78, 5) is 30.2. The molecule has 0 aliphatic carbocycles. The molecular weight excluding hydrogens is 440 g/mol. The highest BCUT2D eigenvalue weighted by atomic mass is 32.2. The fourth-order valence-electron chi connectivity index (χ4n) is 3.10. The molecule has 0 bridgehead atoms. The lowest BCUT2D eigenvalue weighted by atomic mass is 10.2. The summed E-state index contributed by atoms with van der Waals surface area (Å²) in [6.45, 7) is 2.51. The first-order chi connectivity index (χ1) is 15.6. The Morgan fingerprint density at radius 1 is 1.09 bits per heavy atom. The third-order valence-electron chi connectivity index (χ3n) is 4.65. The number of imidazole rings is 1. The Hall–Kier alpha value is -3.36. The Morgan fingerprint density at radius 2 is 1.94 bits per heavy atom. The first-order valence-corrected chi connectivity index (χ1v) is 11.9. The van der Waals surface area contributed by atoms with Gasteiger partial charge >= 0.3 is 0 Å². The normalized spacial score (nSPS) is 10.7. The number of carbonyl (C=O) groups is 2. The van der Waals surface area contributed by atoms with E-state index in [-0.39, 0.29) is 17.6 Å². The van der Waals surface area contributed by atoms with E-state index in [0.717, 1.165) is 21.8 Å². The smallest absolute Gasteiger partial charge is 0.251 e. The van der Waals surface area contributed by atoms with Crippen LogP contribution < -0.4 is 10.6 Å². The van der Waals surface area contributed by atoms with Crippen molar-refractivity contribution in [1.29, 1.82) is 0 Å². The van der Waals surface area contributed by atoms with Gasteiger partial charge in [0.15, 0.2) is 5.16 Å². The van der Waals surface area contributed by atoms with E-state index in [4.69, 9.17) is 0 Å². The molecule has 0 spiro atoms. The van der Waals surface area contributed by atoms with Crippen molar-refractivity contribution in [3.63, 3.8) is 0 Å². The lowest BCUT2D eigenvalue weighted by Crippen LogP contribution is -2.22. The van der Waals surface area contributed by atoms with Crippen molar-refractivity contribution in [2.45, 2.75) is 18.6 Å². The van der Waals surface area contributed by atoms with Crippen LogP contribution in [-0.4, -0.2) is 27.1 Å². The summed E-state index contributed by atoms with van der Waals surface area (Å²) in [6, 6.07) is 19.0. The number of amides is 2. The van der Waals surface area contributed by atoms with Crippen LogP contribution in [0.3, 0.4) is 0 Å². The van der Waals surface area contributed by atoms with E-state index >= 15 is 0 Å². The molecule has 0 fully saturated rings. The number of benzene rings is 2. The van der Waals surface area contributed by atoms with Gasteiger partial charge in [-0.3, -0.25) is 14.2 Å². The van der Waals surface area contributed by atoms with Crippen molar-refractivity contribution in [3.05, 3.63) is 94.4 Å². The molecule has 162 valence electrons. The van der Waals surface area contributed by atoms with Gasteiger partial charge < -0.3 is 10.6 Å². The second-order valence-corrected chi connectivity index (χ2v) is 9.07. The molecular formula is C24H22N4O2S2. The van der Waals surface area contributed by atoms with Crippen molar-refractivity contribution >= 4 is 40.6 Å². The van der Waals surface area contributed by atoms with Gasteiger partial charge in [0.05, 0.1) is 12.3 Å². The SMILES string of the molecule is Cc1cccc(NC(=O)CSc2nccn2-c2ccc(C(=O)NCc3cccs3)cc2)c1. The number of hydrogen-bond acceptors (Lipinski definition) is 5. The zero-order chi connectivity index (χ0) is 22.3. The number of nitrogens with one attached hydrogen (secondary N) is 2. The Labute approximate surface area is 194 Å². The molecule has 0 saturated carbocycles. The van der Waals surface area contributed by atoms with Gasteiger partial charge in [-0.15, -0.1) is 11.3 Å². The van der Waals surface area contributed by atoms with E-state index in [2.05, 4.69) is 15.6 Å². The number of thioether (sulfide) groups is 1. The molecule has 0 aliphatic rings. The summed E-state index contributed by atoms with van der Waals surface area (Å²) in [5, 5.41) is 8.53. The predicted molar refractivity (Wildman–Crippen MR) is 130 cm³/mol. The Kier molecular flexibility index (Phi) is 7.03. The molecule has 2 amide bonds. The van der Waals surface area contributed by atoms with Gasteiger partial charge in [0, 0.05) is 34.2 Å². The van der Waals surface area contributed by atoms with Crippen molar-refractivity contribution in [2.75, 3.05) is 11.1 Å². The molecule has 8 heteroatoms. The molecule has 2 N–H and O–H groups in total. The summed E-state index contributed by atoms with van der Waals surface area (Å²) >= 11 is 2.97. The van der Waals surface area contributed by atoms with Crippen molar-refractivity contribution in [3.8, 4) is 5.69 Å². The summed E-state index contributed by atoms with van der Waals surface area (Å²) < 4.78 is 1.90. The molecule has 0 atom stereocenters. The van der Waals surface area contributed by atoms with Crippen LogP contribution in [0.5, 0.6) is 0 Å². The maximum atomic E-state index is 12.4. The summed E-state index contributed by atoms with van der Waals surface area (Å²) in [5.74, 6) is 0.0413. The van der Waals surface area contributed by atoms with Crippen molar-refractivity contribution < 1.29 is 9.59 Å². The Balaban J connectivity index is 1.35. The summed E-state index contributed by atoms with van der Waals surface area (Å²) in [5.41, 5.74) is 3.34. The highest BCUT2D eigenvalue weighted by Gasteiger charge is 2.11. The molecule has 0 unspecified atom stereocenters. The number of thiophene rings is 1. The van der Waals surface area contributed by atoms with E-state index in [9.17, 15) is 9.59 Å². The minimum Gasteiger partial charge on any atom is -0.347 e. The average molecular weight is 463 g/mol. The summed E-state index contributed by atoms with van der Waals surface area (Å²) in [7, 11) is 0. The minimum atomic E-state index is -0.113. The molecule has 0 radical (unpaired) electrons. The van der Waals surface area contributed by atoms with Gasteiger partial charge in [-0.2, -0.15) is 0 Å². The number of hydrogen-bond donors (Lipinski definition) is 2. The highest BCUT2D eigenvalue weighted by Crippen LogP contribution is 2.21. The zero-order valence-corrected chi connectivity index (χ0v) is 19.1. The third-order valence-corrected chi connectivity index (χ3v) is 6.50. The van der Waals surface area contributed by atoms with Crippen LogP contribution >= 0.6 is 23.1 Å². The molecule has 6 nitrogen and oxygen atoms in total. The number of carbonyl (C=O) groups excluding carboxylic acids is 2. The number of nitrogens with zero attached hydrogens (tertiary/aromatic N) is 2. The maximum absolute atomic E-state index is 12.4. The maximum Gasteiger partial charge on any atom is 0.251 e. The van der Waals surface area contributed by atoms with Gasteiger partial charge in [-0.1, -0.05) is 30.0 Å². The molecule has 2 aromatic heterocycles. The molecule has 4 aromatic rings. The van der Waals surface area contributed by atoms with Crippen LogP contribution in [0.15, 0.2) is 83.6 Å². The van der Waals surface area contributed by atoms with E-state index in [1.165, 1.54) is 11.8 Å². The number of anilines is 1. The van der Waals surface area contributed by atoms with Gasteiger partial charge in [0.25, 0.3) is 5.91 Å². The van der Waals surface area contributed by atoms with Crippen LogP contribution in [0.2, 0.25) is 0 Å². The fourth-order valence-corrected chi connectivity index (χ4v) is 4.52. The Bertz CT molecular complexity index is 1200. The number of rotatable bonds is 8. The van der Waals surface area contributed by atoms with Gasteiger partial charge in [0.1, 0.15) is 0 Å². The lowest BCUT2D eigenvalue weighted by Gasteiger charge is -2.09. The predicted octanol–water partition coefficient (Wildman–Crippen LogP) is 4.90. The molecule has 0 saturated heterocycles.